The average molecular weight is 695 g/mol. The highest BCUT2D eigenvalue weighted by molar-refractivity contribution is 7.26. The van der Waals surface area contributed by atoms with Gasteiger partial charge in [-0.2, -0.15) is 0 Å². The number of anilines is 3. The van der Waals surface area contributed by atoms with Gasteiger partial charge in [0.15, 0.2) is 0 Å². The Kier molecular flexibility index (Phi) is 5.71. The predicted octanol–water partition coefficient (Wildman–Crippen LogP) is 11.4. The molecule has 2 aromatic heterocycles. The molecule has 7 aromatic carbocycles. The molecule has 2 nitrogen and oxygen atoms in total. The van der Waals surface area contributed by atoms with Crippen molar-refractivity contribution in [3.63, 3.8) is 0 Å². The maximum absolute atomic E-state index is 2.73. The number of para-hydroxylation sites is 3. The van der Waals surface area contributed by atoms with Crippen LogP contribution in [0.3, 0.4) is 0 Å². The summed E-state index contributed by atoms with van der Waals surface area (Å²) in [7, 11) is 0. The summed E-state index contributed by atoms with van der Waals surface area (Å²) >= 11 is 1.94. The minimum atomic E-state index is -0.519. The fraction of sp³-hybridized carbons (Fsp3) is 0.102. The van der Waals surface area contributed by atoms with Crippen LogP contribution in [0.5, 0.6) is 0 Å². The Morgan fingerprint density at radius 2 is 1.25 bits per heavy atom. The first-order valence-corrected chi connectivity index (χ1v) is 19.5. The van der Waals surface area contributed by atoms with E-state index in [9.17, 15) is 0 Å². The molecule has 0 bridgehead atoms. The fourth-order valence-electron chi connectivity index (χ4n) is 10.2. The minimum absolute atomic E-state index is 0.0117. The summed E-state index contributed by atoms with van der Waals surface area (Å²) in [6.45, 7) is 7.08. The van der Waals surface area contributed by atoms with Crippen LogP contribution in [0.4, 0.5) is 17.1 Å². The average Bonchev–Trinajstić information content (AvgIpc) is 3.73. The largest absolute Gasteiger partial charge is 0.367 e. The molecule has 0 aliphatic carbocycles. The number of nitrogens with zero attached hydrogens (tertiary/aromatic N) is 2. The number of rotatable bonds is 2. The predicted molar refractivity (Wildman–Crippen MR) is 226 cm³/mol. The lowest BCUT2D eigenvalue weighted by Crippen LogP contribution is -2.58. The Bertz CT molecular complexity index is 2960. The molecule has 5 heterocycles. The molecule has 0 saturated heterocycles. The second-order valence-corrected chi connectivity index (χ2v) is 17.1. The Balaban J connectivity index is 1.30. The SMILES string of the molecule is CC(C)(C)c1cc2c3c(c1)N1c4ccccc4C(c4ccccc4)(c4ccccc4)c4cccc(c41)B3n1c3sc4ccccc4c3c3cccc-2c31. The number of thiophene rings is 1. The van der Waals surface area contributed by atoms with Crippen LogP contribution in [0, 0.1) is 0 Å². The van der Waals surface area contributed by atoms with Gasteiger partial charge in [-0.05, 0) is 67.9 Å². The van der Waals surface area contributed by atoms with Gasteiger partial charge in [0.1, 0.15) is 0 Å². The van der Waals surface area contributed by atoms with Crippen LogP contribution in [0.25, 0.3) is 42.3 Å². The molecule has 0 atom stereocenters. The first kappa shape index (κ1) is 29.7. The van der Waals surface area contributed by atoms with E-state index >= 15 is 0 Å². The van der Waals surface area contributed by atoms with Crippen LogP contribution in [-0.4, -0.2) is 11.3 Å². The van der Waals surface area contributed by atoms with Gasteiger partial charge in [-0.1, -0.05) is 160 Å². The van der Waals surface area contributed by atoms with Gasteiger partial charge in [0.2, 0.25) is 0 Å². The Morgan fingerprint density at radius 3 is 2.02 bits per heavy atom. The maximum atomic E-state index is 2.73. The van der Waals surface area contributed by atoms with Gasteiger partial charge >= 0.3 is 6.85 Å². The number of hydrogen-bond donors (Lipinski definition) is 0. The Labute approximate surface area is 313 Å². The summed E-state index contributed by atoms with van der Waals surface area (Å²) in [6, 6.07) is 59.8. The summed E-state index contributed by atoms with van der Waals surface area (Å²) < 4.78 is 4.07. The van der Waals surface area contributed by atoms with Gasteiger partial charge in [0.05, 0.1) is 15.9 Å². The van der Waals surface area contributed by atoms with E-state index in [1.165, 1.54) is 98.1 Å². The van der Waals surface area contributed by atoms with Crippen molar-refractivity contribution in [2.75, 3.05) is 4.90 Å². The standard InChI is InChI=1S/C49H35BN2S/c1-48(2,3)32-28-36-33-21-14-22-35-43-34-20-10-13-27-42(34)53-47(43)52(45(33)35)50-39-25-15-24-38-46(39)51(41(29-32)44(36)50)40-26-12-11-23-37(40)49(38,30-16-6-4-7-17-30)31-18-8-5-9-19-31/h4-29H,1-3H3. The molecule has 53 heavy (non-hydrogen) atoms. The second-order valence-electron chi connectivity index (χ2n) is 16.0. The van der Waals surface area contributed by atoms with Crippen LogP contribution in [-0.2, 0) is 10.8 Å². The first-order chi connectivity index (χ1) is 26.0. The van der Waals surface area contributed by atoms with Gasteiger partial charge in [-0.3, -0.25) is 0 Å². The first-order valence-electron chi connectivity index (χ1n) is 18.7. The van der Waals surface area contributed by atoms with E-state index in [2.05, 4.69) is 188 Å². The molecule has 3 aliphatic rings. The van der Waals surface area contributed by atoms with Gasteiger partial charge in [0.25, 0.3) is 0 Å². The number of aromatic nitrogens is 1. The minimum Gasteiger partial charge on any atom is -0.367 e. The van der Waals surface area contributed by atoms with Gasteiger partial charge in [-0.25, -0.2) is 0 Å². The molecule has 9 aromatic rings. The van der Waals surface area contributed by atoms with Crippen molar-refractivity contribution >= 4 is 77.4 Å². The summed E-state index contributed by atoms with van der Waals surface area (Å²) in [5, 5.41) is 4.08. The summed E-state index contributed by atoms with van der Waals surface area (Å²) in [4.78, 5) is 4.00. The number of benzene rings is 7. The zero-order valence-electron chi connectivity index (χ0n) is 29.9. The molecule has 4 heteroatoms. The van der Waals surface area contributed by atoms with E-state index < -0.39 is 5.41 Å². The molecule has 0 radical (unpaired) electrons. The smallest absolute Gasteiger partial charge is 0.333 e. The van der Waals surface area contributed by atoms with Crippen molar-refractivity contribution < 1.29 is 0 Å². The van der Waals surface area contributed by atoms with Gasteiger partial charge < -0.3 is 9.38 Å². The highest BCUT2D eigenvalue weighted by atomic mass is 32.1. The van der Waals surface area contributed by atoms with E-state index in [1.807, 2.05) is 11.3 Å². The highest BCUT2D eigenvalue weighted by Crippen LogP contribution is 2.59. The van der Waals surface area contributed by atoms with Crippen molar-refractivity contribution in [1.82, 2.24) is 4.48 Å². The summed E-state index contributed by atoms with van der Waals surface area (Å²) in [6.07, 6.45) is 0. The molecule has 3 aliphatic heterocycles. The highest BCUT2D eigenvalue weighted by Gasteiger charge is 2.52. The molecule has 0 N–H and O–H groups in total. The molecule has 250 valence electrons. The molecule has 0 fully saturated rings. The summed E-state index contributed by atoms with van der Waals surface area (Å²) in [5.41, 5.74) is 16.7. The third kappa shape index (κ3) is 3.60. The molecule has 12 rings (SSSR count). The van der Waals surface area contributed by atoms with Crippen LogP contribution < -0.4 is 15.8 Å². The lowest BCUT2D eigenvalue weighted by Gasteiger charge is -2.50. The van der Waals surface area contributed by atoms with Crippen LogP contribution in [0.15, 0.2) is 158 Å². The molecule has 0 unspecified atom stereocenters. The van der Waals surface area contributed by atoms with E-state index in [0.29, 0.717) is 0 Å². The Hall–Kier alpha value is -5.84. The van der Waals surface area contributed by atoms with Crippen LogP contribution >= 0.6 is 11.3 Å². The third-order valence-electron chi connectivity index (χ3n) is 12.4. The van der Waals surface area contributed by atoms with E-state index in [0.717, 1.165) is 0 Å². The second kappa shape index (κ2) is 10.2. The van der Waals surface area contributed by atoms with E-state index in [-0.39, 0.29) is 12.3 Å². The third-order valence-corrected chi connectivity index (χ3v) is 13.6. The lowest BCUT2D eigenvalue weighted by atomic mass is 9.43. The van der Waals surface area contributed by atoms with Crippen molar-refractivity contribution in [2.24, 2.45) is 0 Å². The lowest BCUT2D eigenvalue weighted by molar-refractivity contribution is 0.590. The molecular formula is C49H35BN2S. The van der Waals surface area contributed by atoms with E-state index in [1.54, 1.807) is 0 Å². The maximum Gasteiger partial charge on any atom is 0.333 e. The quantitative estimate of drug-likeness (QED) is 0.164. The normalized spacial score (nSPS) is 14.8. The van der Waals surface area contributed by atoms with Gasteiger partial charge in [-0.15, -0.1) is 11.3 Å². The Morgan fingerprint density at radius 1 is 0.585 bits per heavy atom. The van der Waals surface area contributed by atoms with Gasteiger partial charge in [0, 0.05) is 43.3 Å². The van der Waals surface area contributed by atoms with Crippen LogP contribution in [0.1, 0.15) is 48.6 Å². The molecular weight excluding hydrogens is 659 g/mol. The fourth-order valence-corrected chi connectivity index (χ4v) is 11.5. The molecule has 0 saturated carbocycles. The van der Waals surface area contributed by atoms with Crippen molar-refractivity contribution in [1.29, 1.82) is 0 Å². The monoisotopic (exact) mass is 694 g/mol. The topological polar surface area (TPSA) is 8.17 Å². The van der Waals surface area contributed by atoms with Crippen molar-refractivity contribution in [3.05, 3.63) is 186 Å². The zero-order chi connectivity index (χ0) is 35.2. The van der Waals surface area contributed by atoms with Crippen molar-refractivity contribution in [2.45, 2.75) is 31.6 Å². The zero-order valence-corrected chi connectivity index (χ0v) is 30.7. The molecule has 0 amide bonds. The summed E-state index contributed by atoms with van der Waals surface area (Å²) in [5.74, 6) is 0. The van der Waals surface area contributed by atoms with Crippen molar-refractivity contribution in [3.8, 4) is 11.1 Å². The number of hydrogen-bond acceptors (Lipinski definition) is 2. The van der Waals surface area contributed by atoms with Crippen LogP contribution in [0.2, 0.25) is 0 Å². The van der Waals surface area contributed by atoms with E-state index in [4.69, 9.17) is 0 Å². The number of fused-ring (bicyclic) bond motifs is 11. The molecule has 0 spiro atoms.